The summed E-state index contributed by atoms with van der Waals surface area (Å²) in [4.78, 5) is 11.7. The van der Waals surface area contributed by atoms with Crippen LogP contribution in [0.2, 0.25) is 5.02 Å². The van der Waals surface area contributed by atoms with E-state index >= 15 is 0 Å². The highest BCUT2D eigenvalue weighted by atomic mass is 35.5. The summed E-state index contributed by atoms with van der Waals surface area (Å²) in [5.41, 5.74) is 5.57. The number of carbonyl (C=O) groups excluding carboxylic acids is 1. The van der Waals surface area contributed by atoms with Gasteiger partial charge in [0.2, 0.25) is 5.91 Å². The Hall–Kier alpha value is -1.06. The average Bonchev–Trinajstić information content (AvgIpc) is 2.27. The monoisotopic (exact) mass is 240 g/mol. The van der Waals surface area contributed by atoms with Crippen molar-refractivity contribution >= 4 is 17.5 Å². The van der Waals surface area contributed by atoms with Gasteiger partial charge in [0.25, 0.3) is 0 Å². The fourth-order valence-electron chi connectivity index (χ4n) is 1.87. The summed E-state index contributed by atoms with van der Waals surface area (Å²) in [5.74, 6) is -0.362. The number of carbonyl (C=O) groups is 1. The lowest BCUT2D eigenvalue weighted by molar-refractivity contribution is -0.125. The second kappa shape index (κ2) is 5.32. The molecule has 0 aliphatic carbocycles. The van der Waals surface area contributed by atoms with Crippen LogP contribution in [-0.4, -0.2) is 12.5 Å². The standard InChI is InChI=1S/C12H17ClN2O/c1-3-12(11(14)16,15-4-2)9-5-7-10(13)8-6-9/h5-8,15H,3-4H2,1-2H3,(H2,14,16). The summed E-state index contributed by atoms with van der Waals surface area (Å²) in [6, 6.07) is 7.20. The van der Waals surface area contributed by atoms with Crippen LogP contribution in [0.1, 0.15) is 25.8 Å². The molecule has 4 heteroatoms. The van der Waals surface area contributed by atoms with E-state index in [4.69, 9.17) is 17.3 Å². The summed E-state index contributed by atoms with van der Waals surface area (Å²) in [5, 5.41) is 3.81. The van der Waals surface area contributed by atoms with Gasteiger partial charge in [-0.25, -0.2) is 0 Å². The van der Waals surface area contributed by atoms with E-state index in [0.717, 1.165) is 5.56 Å². The number of halogens is 1. The number of benzene rings is 1. The number of nitrogens with one attached hydrogen (secondary N) is 1. The van der Waals surface area contributed by atoms with Crippen molar-refractivity contribution in [3.63, 3.8) is 0 Å². The first-order valence-corrected chi connectivity index (χ1v) is 5.75. The molecule has 1 aromatic rings. The Morgan fingerprint density at radius 1 is 1.38 bits per heavy atom. The first-order chi connectivity index (χ1) is 7.56. The van der Waals surface area contributed by atoms with E-state index in [-0.39, 0.29) is 5.91 Å². The van der Waals surface area contributed by atoms with E-state index in [9.17, 15) is 4.79 Å². The molecule has 0 bridgehead atoms. The zero-order chi connectivity index (χ0) is 12.2. The minimum Gasteiger partial charge on any atom is -0.368 e. The van der Waals surface area contributed by atoms with Crippen LogP contribution in [0.25, 0.3) is 0 Å². The summed E-state index contributed by atoms with van der Waals surface area (Å²) in [7, 11) is 0. The molecule has 88 valence electrons. The van der Waals surface area contributed by atoms with Crippen LogP contribution in [0.3, 0.4) is 0 Å². The van der Waals surface area contributed by atoms with Crippen LogP contribution in [0.5, 0.6) is 0 Å². The second-order valence-corrected chi connectivity index (χ2v) is 4.10. The molecule has 0 spiro atoms. The summed E-state index contributed by atoms with van der Waals surface area (Å²) >= 11 is 5.82. The van der Waals surface area contributed by atoms with E-state index in [2.05, 4.69) is 5.32 Å². The molecule has 0 radical (unpaired) electrons. The van der Waals surface area contributed by atoms with Gasteiger partial charge < -0.3 is 5.73 Å². The zero-order valence-electron chi connectivity index (χ0n) is 9.59. The smallest absolute Gasteiger partial charge is 0.242 e. The molecule has 3 N–H and O–H groups in total. The van der Waals surface area contributed by atoms with Crippen LogP contribution >= 0.6 is 11.6 Å². The van der Waals surface area contributed by atoms with E-state index in [0.29, 0.717) is 18.0 Å². The molecule has 1 aromatic carbocycles. The Morgan fingerprint density at radius 3 is 2.31 bits per heavy atom. The van der Waals surface area contributed by atoms with Gasteiger partial charge in [0.1, 0.15) is 5.54 Å². The Balaban J connectivity index is 3.18. The lowest BCUT2D eigenvalue weighted by Gasteiger charge is -2.30. The molecule has 16 heavy (non-hydrogen) atoms. The van der Waals surface area contributed by atoms with E-state index in [1.165, 1.54) is 0 Å². The molecule has 1 atom stereocenters. The molecule has 0 fully saturated rings. The number of primary amides is 1. The van der Waals surface area contributed by atoms with Gasteiger partial charge >= 0.3 is 0 Å². The van der Waals surface area contributed by atoms with Gasteiger partial charge in [-0.2, -0.15) is 0 Å². The number of nitrogens with two attached hydrogens (primary N) is 1. The molecular weight excluding hydrogens is 224 g/mol. The quantitative estimate of drug-likeness (QED) is 0.828. The van der Waals surface area contributed by atoms with Crippen molar-refractivity contribution in [3.05, 3.63) is 34.9 Å². The predicted molar refractivity (Wildman–Crippen MR) is 66.3 cm³/mol. The van der Waals surface area contributed by atoms with Crippen molar-refractivity contribution in [2.45, 2.75) is 25.8 Å². The third kappa shape index (κ3) is 2.36. The van der Waals surface area contributed by atoms with Gasteiger partial charge in [0, 0.05) is 5.02 Å². The molecule has 1 unspecified atom stereocenters. The van der Waals surface area contributed by atoms with E-state index < -0.39 is 5.54 Å². The second-order valence-electron chi connectivity index (χ2n) is 3.66. The van der Waals surface area contributed by atoms with Crippen LogP contribution in [0.4, 0.5) is 0 Å². The van der Waals surface area contributed by atoms with Gasteiger partial charge in [-0.3, -0.25) is 10.1 Å². The van der Waals surface area contributed by atoms with E-state index in [1.54, 1.807) is 12.1 Å². The van der Waals surface area contributed by atoms with Gasteiger partial charge in [-0.15, -0.1) is 0 Å². The molecule has 3 nitrogen and oxygen atoms in total. The number of likely N-dealkylation sites (N-methyl/N-ethyl adjacent to an activating group) is 1. The first kappa shape index (κ1) is 13.0. The van der Waals surface area contributed by atoms with Crippen LogP contribution in [0, 0.1) is 0 Å². The molecule has 0 aromatic heterocycles. The molecule has 0 aliphatic rings. The predicted octanol–water partition coefficient (Wildman–Crippen LogP) is 2.04. The van der Waals surface area contributed by atoms with Crippen molar-refractivity contribution in [1.82, 2.24) is 5.32 Å². The van der Waals surface area contributed by atoms with Crippen molar-refractivity contribution in [2.24, 2.45) is 5.73 Å². The van der Waals surface area contributed by atoms with Gasteiger partial charge in [0.05, 0.1) is 0 Å². The SMILES string of the molecule is CCNC(CC)(C(N)=O)c1ccc(Cl)cc1. The first-order valence-electron chi connectivity index (χ1n) is 5.37. The van der Waals surface area contributed by atoms with Crippen molar-refractivity contribution < 1.29 is 4.79 Å². The van der Waals surface area contributed by atoms with Gasteiger partial charge in [-0.1, -0.05) is 37.6 Å². The average molecular weight is 241 g/mol. The molecule has 1 rings (SSSR count). The fraction of sp³-hybridized carbons (Fsp3) is 0.417. The zero-order valence-corrected chi connectivity index (χ0v) is 10.3. The van der Waals surface area contributed by atoms with E-state index in [1.807, 2.05) is 26.0 Å². The minimum atomic E-state index is -0.792. The van der Waals surface area contributed by atoms with Crippen LogP contribution < -0.4 is 11.1 Å². The Labute approximate surface area is 101 Å². The maximum atomic E-state index is 11.7. The largest absolute Gasteiger partial charge is 0.368 e. The number of hydrogen-bond donors (Lipinski definition) is 2. The highest BCUT2D eigenvalue weighted by Crippen LogP contribution is 2.26. The summed E-state index contributed by atoms with van der Waals surface area (Å²) in [6.45, 7) is 4.56. The third-order valence-corrected chi connectivity index (χ3v) is 3.02. The third-order valence-electron chi connectivity index (χ3n) is 2.77. The maximum Gasteiger partial charge on any atom is 0.242 e. The number of rotatable bonds is 5. The van der Waals surface area contributed by atoms with Gasteiger partial charge in [-0.05, 0) is 30.7 Å². The van der Waals surface area contributed by atoms with Crippen molar-refractivity contribution in [3.8, 4) is 0 Å². The highest BCUT2D eigenvalue weighted by molar-refractivity contribution is 6.30. The Bertz CT molecular complexity index is 364. The summed E-state index contributed by atoms with van der Waals surface area (Å²) in [6.07, 6.45) is 0.609. The lowest BCUT2D eigenvalue weighted by atomic mass is 9.86. The lowest BCUT2D eigenvalue weighted by Crippen LogP contribution is -2.52. The topological polar surface area (TPSA) is 55.1 Å². The molecule has 0 saturated carbocycles. The molecule has 0 saturated heterocycles. The maximum absolute atomic E-state index is 11.7. The fourth-order valence-corrected chi connectivity index (χ4v) is 2.00. The number of hydrogen-bond acceptors (Lipinski definition) is 2. The molecule has 1 amide bonds. The number of amides is 1. The molecule has 0 heterocycles. The molecular formula is C12H17ClN2O. The van der Waals surface area contributed by atoms with Crippen molar-refractivity contribution in [1.29, 1.82) is 0 Å². The molecule has 0 aliphatic heterocycles. The van der Waals surface area contributed by atoms with Gasteiger partial charge in [0.15, 0.2) is 0 Å². The van der Waals surface area contributed by atoms with Crippen molar-refractivity contribution in [2.75, 3.05) is 6.54 Å². The normalized spacial score (nSPS) is 14.4. The Kier molecular flexibility index (Phi) is 4.33. The minimum absolute atomic E-state index is 0.362. The van der Waals surface area contributed by atoms with Crippen LogP contribution in [-0.2, 0) is 10.3 Å². The van der Waals surface area contributed by atoms with Crippen LogP contribution in [0.15, 0.2) is 24.3 Å². The Morgan fingerprint density at radius 2 is 1.94 bits per heavy atom. The summed E-state index contributed by atoms with van der Waals surface area (Å²) < 4.78 is 0. The highest BCUT2D eigenvalue weighted by Gasteiger charge is 2.35.